The molecule has 3 rings (SSSR count). The molecular weight excluding hydrogens is 436 g/mol. The van der Waals surface area contributed by atoms with Crippen molar-refractivity contribution in [3.05, 3.63) is 46.0 Å². The van der Waals surface area contributed by atoms with Gasteiger partial charge in [0, 0.05) is 36.6 Å². The molecule has 0 bridgehead atoms. The molecule has 1 aliphatic heterocycles. The summed E-state index contributed by atoms with van der Waals surface area (Å²) in [7, 11) is 0. The summed E-state index contributed by atoms with van der Waals surface area (Å²) in [4.78, 5) is 35.5. The lowest BCUT2D eigenvalue weighted by Crippen LogP contribution is -2.41. The van der Waals surface area contributed by atoms with E-state index in [1.54, 1.807) is 4.90 Å². The maximum Gasteiger partial charge on any atom is 0.254 e. The van der Waals surface area contributed by atoms with Crippen molar-refractivity contribution in [2.45, 2.75) is 46.5 Å². The first-order valence-corrected chi connectivity index (χ1v) is 12.7. The lowest BCUT2D eigenvalue weighted by Gasteiger charge is -2.28. The molecule has 0 radical (unpaired) electrons. The Balaban J connectivity index is 1.63. The maximum atomic E-state index is 13.3. The third kappa shape index (κ3) is 7.91. The van der Waals surface area contributed by atoms with Gasteiger partial charge in [0.25, 0.3) is 5.91 Å². The molecule has 1 N–H and O–H groups in total. The quantitative estimate of drug-likeness (QED) is 0.537. The van der Waals surface area contributed by atoms with Crippen LogP contribution in [0.15, 0.2) is 24.3 Å². The van der Waals surface area contributed by atoms with Crippen molar-refractivity contribution in [3.8, 4) is 0 Å². The van der Waals surface area contributed by atoms with E-state index in [0.717, 1.165) is 69.1 Å². The Kier molecular flexibility index (Phi) is 9.84. The van der Waals surface area contributed by atoms with Crippen LogP contribution in [-0.4, -0.2) is 72.5 Å². The number of hydrogen-bond acceptors (Lipinski definition) is 6. The third-order valence-electron chi connectivity index (χ3n) is 5.92. The van der Waals surface area contributed by atoms with Crippen LogP contribution in [0.4, 0.5) is 5.13 Å². The van der Waals surface area contributed by atoms with Gasteiger partial charge in [0.1, 0.15) is 6.54 Å². The molecule has 180 valence electrons. The molecule has 0 spiro atoms. The Labute approximate surface area is 201 Å². The summed E-state index contributed by atoms with van der Waals surface area (Å²) >= 11 is 1.45. The molecule has 1 aromatic carbocycles. The lowest BCUT2D eigenvalue weighted by molar-refractivity contribution is -0.116. The SMILES string of the molecule is CCCCc1ccc(C(=O)N(CCCN2CCOCC2)CC(=O)Nc2nc(C)c(C)s2)cc1. The number of ether oxygens (including phenoxy) is 1. The van der Waals surface area contributed by atoms with Crippen molar-refractivity contribution in [2.75, 3.05) is 51.3 Å². The smallest absolute Gasteiger partial charge is 0.254 e. The Morgan fingerprint density at radius 3 is 2.52 bits per heavy atom. The number of amides is 2. The van der Waals surface area contributed by atoms with Gasteiger partial charge in [-0.2, -0.15) is 0 Å². The highest BCUT2D eigenvalue weighted by molar-refractivity contribution is 7.15. The zero-order chi connectivity index (χ0) is 23.6. The first-order chi connectivity index (χ1) is 16.0. The average Bonchev–Trinajstić information content (AvgIpc) is 3.13. The normalized spacial score (nSPS) is 14.3. The van der Waals surface area contributed by atoms with Crippen LogP contribution in [0.3, 0.4) is 0 Å². The first kappa shape index (κ1) is 25.3. The summed E-state index contributed by atoms with van der Waals surface area (Å²) in [5.74, 6) is -0.330. The number of aryl methyl sites for hydroxylation is 3. The van der Waals surface area contributed by atoms with Crippen LogP contribution in [0.25, 0.3) is 0 Å². The number of rotatable bonds is 11. The van der Waals surface area contributed by atoms with Gasteiger partial charge in [-0.05, 0) is 50.8 Å². The number of nitrogens with one attached hydrogen (secondary N) is 1. The molecule has 0 unspecified atom stereocenters. The molecule has 1 aromatic heterocycles. The van der Waals surface area contributed by atoms with Crippen molar-refractivity contribution < 1.29 is 14.3 Å². The molecule has 2 aromatic rings. The number of anilines is 1. The highest BCUT2D eigenvalue weighted by Crippen LogP contribution is 2.21. The Hall–Kier alpha value is -2.29. The fourth-order valence-corrected chi connectivity index (χ4v) is 4.63. The summed E-state index contributed by atoms with van der Waals surface area (Å²) in [6.07, 6.45) is 4.11. The molecule has 1 aliphatic rings. The summed E-state index contributed by atoms with van der Waals surface area (Å²) < 4.78 is 5.41. The number of hydrogen-bond donors (Lipinski definition) is 1. The van der Waals surface area contributed by atoms with Crippen molar-refractivity contribution >= 4 is 28.3 Å². The van der Waals surface area contributed by atoms with Gasteiger partial charge >= 0.3 is 0 Å². The standard InChI is InChI=1S/C25H36N4O3S/c1-4-5-7-21-8-10-22(11-9-21)24(31)29(13-6-12-28-14-16-32-17-15-28)18-23(30)27-25-26-19(2)20(3)33-25/h8-11H,4-7,12-18H2,1-3H3,(H,26,27,30). The fraction of sp³-hybridized carbons (Fsp3) is 0.560. The van der Waals surface area contributed by atoms with E-state index in [-0.39, 0.29) is 18.4 Å². The molecule has 0 aliphatic carbocycles. The lowest BCUT2D eigenvalue weighted by atomic mass is 10.1. The first-order valence-electron chi connectivity index (χ1n) is 11.9. The minimum absolute atomic E-state index is 0.0111. The molecule has 7 nitrogen and oxygen atoms in total. The van der Waals surface area contributed by atoms with Crippen LogP contribution in [-0.2, 0) is 16.0 Å². The zero-order valence-electron chi connectivity index (χ0n) is 20.1. The molecule has 2 amide bonds. The van der Waals surface area contributed by atoms with Crippen LogP contribution in [0.1, 0.15) is 52.7 Å². The van der Waals surface area contributed by atoms with Crippen molar-refractivity contribution in [3.63, 3.8) is 0 Å². The van der Waals surface area contributed by atoms with E-state index in [4.69, 9.17) is 4.74 Å². The van der Waals surface area contributed by atoms with Gasteiger partial charge in [0.05, 0.1) is 18.9 Å². The number of aromatic nitrogens is 1. The second-order valence-electron chi connectivity index (χ2n) is 8.54. The van der Waals surface area contributed by atoms with Crippen LogP contribution >= 0.6 is 11.3 Å². The van der Waals surface area contributed by atoms with Crippen molar-refractivity contribution in [1.82, 2.24) is 14.8 Å². The summed E-state index contributed by atoms with van der Waals surface area (Å²) in [5, 5.41) is 3.44. The van der Waals surface area contributed by atoms with E-state index in [0.29, 0.717) is 17.2 Å². The number of carbonyl (C=O) groups excluding carboxylic acids is 2. The highest BCUT2D eigenvalue weighted by atomic mass is 32.1. The molecular formula is C25H36N4O3S. The van der Waals surface area contributed by atoms with E-state index >= 15 is 0 Å². The van der Waals surface area contributed by atoms with E-state index < -0.39 is 0 Å². The monoisotopic (exact) mass is 472 g/mol. The Bertz CT molecular complexity index is 887. The minimum atomic E-state index is -0.219. The minimum Gasteiger partial charge on any atom is -0.379 e. The summed E-state index contributed by atoms with van der Waals surface area (Å²) in [5.41, 5.74) is 2.77. The number of benzene rings is 1. The van der Waals surface area contributed by atoms with Gasteiger partial charge in [-0.15, -0.1) is 11.3 Å². The summed E-state index contributed by atoms with van der Waals surface area (Å²) in [6.45, 7) is 10.8. The maximum absolute atomic E-state index is 13.3. The molecule has 8 heteroatoms. The number of carbonyl (C=O) groups is 2. The van der Waals surface area contributed by atoms with Crippen molar-refractivity contribution in [1.29, 1.82) is 0 Å². The number of unbranched alkanes of at least 4 members (excludes halogenated alkanes) is 1. The van der Waals surface area contributed by atoms with Crippen molar-refractivity contribution in [2.24, 2.45) is 0 Å². The number of morpholine rings is 1. The van der Waals surface area contributed by atoms with Crippen LogP contribution in [0.5, 0.6) is 0 Å². The van der Waals surface area contributed by atoms with Gasteiger partial charge in [-0.1, -0.05) is 25.5 Å². The van der Waals surface area contributed by atoms with Gasteiger partial charge in [0.2, 0.25) is 5.91 Å². The second kappa shape index (κ2) is 12.8. The molecule has 33 heavy (non-hydrogen) atoms. The van der Waals surface area contributed by atoms with E-state index in [9.17, 15) is 9.59 Å². The van der Waals surface area contributed by atoms with Crippen LogP contribution < -0.4 is 5.32 Å². The zero-order valence-corrected chi connectivity index (χ0v) is 20.9. The number of nitrogens with zero attached hydrogens (tertiary/aromatic N) is 3. The predicted molar refractivity (Wildman–Crippen MR) is 133 cm³/mol. The topological polar surface area (TPSA) is 74.8 Å². The third-order valence-corrected chi connectivity index (χ3v) is 6.91. The molecule has 1 fully saturated rings. The second-order valence-corrected chi connectivity index (χ2v) is 9.75. The van der Waals surface area contributed by atoms with E-state index in [1.807, 2.05) is 38.1 Å². The fourth-order valence-electron chi connectivity index (χ4n) is 3.80. The van der Waals surface area contributed by atoms with Gasteiger partial charge in [-0.3, -0.25) is 14.5 Å². The molecule has 2 heterocycles. The number of thiazole rings is 1. The Morgan fingerprint density at radius 2 is 1.88 bits per heavy atom. The van der Waals surface area contributed by atoms with E-state index in [2.05, 4.69) is 22.1 Å². The van der Waals surface area contributed by atoms with Gasteiger partial charge in [0.15, 0.2) is 5.13 Å². The average molecular weight is 473 g/mol. The Morgan fingerprint density at radius 1 is 1.15 bits per heavy atom. The van der Waals surface area contributed by atoms with E-state index in [1.165, 1.54) is 16.9 Å². The van der Waals surface area contributed by atoms with Gasteiger partial charge < -0.3 is 15.0 Å². The van der Waals surface area contributed by atoms with Crippen LogP contribution in [0, 0.1) is 13.8 Å². The van der Waals surface area contributed by atoms with Gasteiger partial charge in [-0.25, -0.2) is 4.98 Å². The summed E-state index contributed by atoms with van der Waals surface area (Å²) in [6, 6.07) is 7.81. The molecule has 0 atom stereocenters. The largest absolute Gasteiger partial charge is 0.379 e. The highest BCUT2D eigenvalue weighted by Gasteiger charge is 2.20. The molecule has 0 saturated carbocycles. The molecule has 1 saturated heterocycles. The predicted octanol–water partition coefficient (Wildman–Crippen LogP) is 3.91. The van der Waals surface area contributed by atoms with Crippen LogP contribution in [0.2, 0.25) is 0 Å².